The minimum absolute atomic E-state index is 0.0533. The van der Waals surface area contributed by atoms with E-state index in [-0.39, 0.29) is 24.7 Å². The molecule has 0 aromatic carbocycles. The van der Waals surface area contributed by atoms with Crippen molar-refractivity contribution in [3.05, 3.63) is 0 Å². The summed E-state index contributed by atoms with van der Waals surface area (Å²) in [6.45, 7) is 4.53. The number of hydrogen-bond acceptors (Lipinski definition) is 3. The van der Waals surface area contributed by atoms with Crippen LogP contribution in [0.3, 0.4) is 0 Å². The van der Waals surface area contributed by atoms with Crippen molar-refractivity contribution in [2.24, 2.45) is 0 Å². The molecule has 0 spiro atoms. The Labute approximate surface area is 101 Å². The first-order valence-electron chi connectivity index (χ1n) is 5.76. The molecule has 0 aromatic heterocycles. The van der Waals surface area contributed by atoms with Crippen LogP contribution in [0.2, 0.25) is 0 Å². The van der Waals surface area contributed by atoms with Crippen molar-refractivity contribution < 1.29 is 19.4 Å². The van der Waals surface area contributed by atoms with E-state index in [0.717, 1.165) is 6.42 Å². The molecule has 0 aliphatic carbocycles. The number of rotatable bonds is 4. The highest BCUT2D eigenvalue weighted by molar-refractivity contribution is 5.80. The SMILES string of the molecule is CC(C)N(CC(=O)O)C(=O)N(C)C1CCOC1. The molecule has 1 aliphatic rings. The molecule has 0 aromatic rings. The number of carbonyl (C=O) groups excluding carboxylic acids is 1. The smallest absolute Gasteiger partial charge is 0.323 e. The third-order valence-electron chi connectivity index (χ3n) is 2.93. The van der Waals surface area contributed by atoms with Gasteiger partial charge in [0.15, 0.2) is 0 Å². The van der Waals surface area contributed by atoms with Gasteiger partial charge in [-0.3, -0.25) is 4.79 Å². The van der Waals surface area contributed by atoms with E-state index in [1.165, 1.54) is 4.90 Å². The van der Waals surface area contributed by atoms with Crippen LogP contribution in [0.25, 0.3) is 0 Å². The van der Waals surface area contributed by atoms with Gasteiger partial charge in [0, 0.05) is 19.7 Å². The number of ether oxygens (including phenoxy) is 1. The molecule has 1 N–H and O–H groups in total. The van der Waals surface area contributed by atoms with E-state index in [1.807, 2.05) is 0 Å². The number of urea groups is 1. The maximum Gasteiger partial charge on any atom is 0.323 e. The lowest BCUT2D eigenvalue weighted by atomic mass is 10.2. The predicted molar refractivity (Wildman–Crippen MR) is 61.9 cm³/mol. The van der Waals surface area contributed by atoms with Crippen molar-refractivity contribution in [1.82, 2.24) is 9.80 Å². The Morgan fingerprint density at radius 1 is 1.47 bits per heavy atom. The number of nitrogens with zero attached hydrogens (tertiary/aromatic N) is 2. The van der Waals surface area contributed by atoms with Gasteiger partial charge in [0.2, 0.25) is 0 Å². The molecule has 1 saturated heterocycles. The van der Waals surface area contributed by atoms with E-state index in [4.69, 9.17) is 9.84 Å². The summed E-state index contributed by atoms with van der Waals surface area (Å²) in [5, 5.41) is 8.79. The van der Waals surface area contributed by atoms with Crippen molar-refractivity contribution in [1.29, 1.82) is 0 Å². The minimum Gasteiger partial charge on any atom is -0.480 e. The second kappa shape index (κ2) is 5.86. The van der Waals surface area contributed by atoms with Crippen LogP contribution in [0.1, 0.15) is 20.3 Å². The molecule has 2 amide bonds. The van der Waals surface area contributed by atoms with Gasteiger partial charge in [-0.15, -0.1) is 0 Å². The summed E-state index contributed by atoms with van der Waals surface area (Å²) in [7, 11) is 1.69. The van der Waals surface area contributed by atoms with Gasteiger partial charge in [0.05, 0.1) is 12.6 Å². The van der Waals surface area contributed by atoms with Crippen molar-refractivity contribution >= 4 is 12.0 Å². The predicted octanol–water partition coefficient (Wildman–Crippen LogP) is 0.622. The first-order chi connectivity index (χ1) is 7.93. The van der Waals surface area contributed by atoms with Crippen molar-refractivity contribution in [2.45, 2.75) is 32.4 Å². The molecule has 6 nitrogen and oxygen atoms in total. The summed E-state index contributed by atoms with van der Waals surface area (Å²) in [5.74, 6) is -0.997. The zero-order valence-electron chi connectivity index (χ0n) is 10.5. The Hall–Kier alpha value is -1.30. The summed E-state index contributed by atoms with van der Waals surface area (Å²) >= 11 is 0. The maximum atomic E-state index is 12.1. The lowest BCUT2D eigenvalue weighted by Gasteiger charge is -2.32. The van der Waals surface area contributed by atoms with Crippen molar-refractivity contribution in [3.63, 3.8) is 0 Å². The van der Waals surface area contributed by atoms with Crippen LogP contribution < -0.4 is 0 Å². The van der Waals surface area contributed by atoms with Crippen LogP contribution in [0.4, 0.5) is 4.79 Å². The molecule has 1 atom stereocenters. The fourth-order valence-electron chi connectivity index (χ4n) is 1.80. The highest BCUT2D eigenvalue weighted by Gasteiger charge is 2.29. The van der Waals surface area contributed by atoms with Gasteiger partial charge in [-0.1, -0.05) is 0 Å². The standard InChI is InChI=1S/C11H20N2O4/c1-8(2)13(6-10(14)15)11(16)12(3)9-4-5-17-7-9/h8-9H,4-7H2,1-3H3,(H,14,15). The molecular formula is C11H20N2O4. The van der Waals surface area contributed by atoms with E-state index in [9.17, 15) is 9.59 Å². The number of aliphatic carboxylic acids is 1. The average Bonchev–Trinajstić information content (AvgIpc) is 2.76. The van der Waals surface area contributed by atoms with Crippen molar-refractivity contribution in [2.75, 3.05) is 26.8 Å². The Morgan fingerprint density at radius 2 is 2.12 bits per heavy atom. The first kappa shape index (κ1) is 13.8. The molecule has 1 unspecified atom stereocenters. The fraction of sp³-hybridized carbons (Fsp3) is 0.818. The molecule has 0 saturated carbocycles. The third-order valence-corrected chi connectivity index (χ3v) is 2.93. The Kier molecular flexibility index (Phi) is 4.74. The van der Waals surface area contributed by atoms with Gasteiger partial charge in [-0.2, -0.15) is 0 Å². The zero-order chi connectivity index (χ0) is 13.0. The number of amides is 2. The van der Waals surface area contributed by atoms with Crippen LogP contribution >= 0.6 is 0 Å². The molecule has 0 radical (unpaired) electrons. The molecule has 1 heterocycles. The third kappa shape index (κ3) is 3.59. The monoisotopic (exact) mass is 244 g/mol. The lowest BCUT2D eigenvalue weighted by Crippen LogP contribution is -2.50. The van der Waals surface area contributed by atoms with Gasteiger partial charge < -0.3 is 19.6 Å². The van der Waals surface area contributed by atoms with Crippen LogP contribution in [0, 0.1) is 0 Å². The van der Waals surface area contributed by atoms with E-state index in [0.29, 0.717) is 13.2 Å². The summed E-state index contributed by atoms with van der Waals surface area (Å²) < 4.78 is 5.22. The molecular weight excluding hydrogens is 224 g/mol. The summed E-state index contributed by atoms with van der Waals surface area (Å²) in [6.07, 6.45) is 0.807. The van der Waals surface area contributed by atoms with Crippen LogP contribution in [-0.4, -0.2) is 65.8 Å². The second-order valence-corrected chi connectivity index (χ2v) is 4.53. The number of carbonyl (C=O) groups is 2. The van der Waals surface area contributed by atoms with Crippen molar-refractivity contribution in [3.8, 4) is 0 Å². The maximum absolute atomic E-state index is 12.1. The molecule has 1 fully saturated rings. The van der Waals surface area contributed by atoms with Crippen LogP contribution in [0.5, 0.6) is 0 Å². The summed E-state index contributed by atoms with van der Waals surface area (Å²) in [4.78, 5) is 25.8. The number of carboxylic acids is 1. The summed E-state index contributed by atoms with van der Waals surface area (Å²) in [5.41, 5.74) is 0. The first-order valence-corrected chi connectivity index (χ1v) is 5.76. The van der Waals surface area contributed by atoms with Crippen LogP contribution in [-0.2, 0) is 9.53 Å². The largest absolute Gasteiger partial charge is 0.480 e. The Bertz CT molecular complexity index is 287. The van der Waals surface area contributed by atoms with Gasteiger partial charge in [-0.05, 0) is 20.3 Å². The molecule has 6 heteroatoms. The number of likely N-dealkylation sites (N-methyl/N-ethyl adjacent to an activating group) is 1. The Balaban J connectivity index is 2.65. The molecule has 17 heavy (non-hydrogen) atoms. The van der Waals surface area contributed by atoms with E-state index in [1.54, 1.807) is 25.8 Å². The molecule has 0 bridgehead atoms. The number of hydrogen-bond donors (Lipinski definition) is 1. The van der Waals surface area contributed by atoms with Gasteiger partial charge in [-0.25, -0.2) is 4.79 Å². The van der Waals surface area contributed by atoms with E-state index >= 15 is 0 Å². The zero-order valence-corrected chi connectivity index (χ0v) is 10.5. The lowest BCUT2D eigenvalue weighted by molar-refractivity contribution is -0.138. The van der Waals surface area contributed by atoms with Gasteiger partial charge >= 0.3 is 12.0 Å². The second-order valence-electron chi connectivity index (χ2n) is 4.53. The normalized spacial score (nSPS) is 19.4. The molecule has 98 valence electrons. The topological polar surface area (TPSA) is 70.1 Å². The van der Waals surface area contributed by atoms with Gasteiger partial charge in [0.25, 0.3) is 0 Å². The number of carboxylic acid groups (broad SMARTS) is 1. The minimum atomic E-state index is -0.997. The highest BCUT2D eigenvalue weighted by Crippen LogP contribution is 2.13. The van der Waals surface area contributed by atoms with E-state index in [2.05, 4.69) is 0 Å². The fourth-order valence-corrected chi connectivity index (χ4v) is 1.80. The molecule has 1 aliphatic heterocycles. The Morgan fingerprint density at radius 3 is 2.53 bits per heavy atom. The van der Waals surface area contributed by atoms with Crippen LogP contribution in [0.15, 0.2) is 0 Å². The molecule has 1 rings (SSSR count). The summed E-state index contributed by atoms with van der Waals surface area (Å²) in [6, 6.07) is -0.334. The average molecular weight is 244 g/mol. The highest BCUT2D eigenvalue weighted by atomic mass is 16.5. The van der Waals surface area contributed by atoms with Gasteiger partial charge in [0.1, 0.15) is 6.54 Å². The quantitative estimate of drug-likeness (QED) is 0.787. The van der Waals surface area contributed by atoms with E-state index < -0.39 is 5.97 Å².